The van der Waals surface area contributed by atoms with E-state index < -0.39 is 5.97 Å². The van der Waals surface area contributed by atoms with Gasteiger partial charge in [-0.15, -0.1) is 12.3 Å². The van der Waals surface area contributed by atoms with Crippen LogP contribution in [0.1, 0.15) is 18.4 Å². The predicted molar refractivity (Wildman–Crippen MR) is 57.0 cm³/mol. The molecule has 0 aliphatic rings. The summed E-state index contributed by atoms with van der Waals surface area (Å²) in [5.74, 6) is 1.59. The molecule has 1 heterocycles. The molecule has 15 heavy (non-hydrogen) atoms. The highest BCUT2D eigenvalue weighted by molar-refractivity contribution is 5.85. The van der Waals surface area contributed by atoms with Crippen LogP contribution in [-0.2, 0) is 11.3 Å². The zero-order valence-electron chi connectivity index (χ0n) is 8.26. The molecule has 0 spiro atoms. The van der Waals surface area contributed by atoms with E-state index in [2.05, 4.69) is 11.0 Å². The Kier molecular flexibility index (Phi) is 4.17. The van der Waals surface area contributed by atoms with Crippen molar-refractivity contribution in [2.24, 2.45) is 0 Å². The monoisotopic (exact) mass is 204 g/mol. The zero-order chi connectivity index (χ0) is 11.1. The zero-order valence-corrected chi connectivity index (χ0v) is 8.26. The molecule has 0 bridgehead atoms. The molecule has 4 heteroatoms. The molecule has 0 aliphatic carbocycles. The lowest BCUT2D eigenvalue weighted by Crippen LogP contribution is -1.97. The number of aryl methyl sites for hydroxylation is 1. The van der Waals surface area contributed by atoms with Crippen LogP contribution in [0.25, 0.3) is 6.08 Å². The molecule has 0 atom stereocenters. The maximum Gasteiger partial charge on any atom is 0.328 e. The molecule has 0 fully saturated rings. The Morgan fingerprint density at radius 2 is 2.53 bits per heavy atom. The fraction of sp³-hybridized carbons (Fsp3) is 0.273. The van der Waals surface area contributed by atoms with Gasteiger partial charge in [0.2, 0.25) is 0 Å². The third-order valence-corrected chi connectivity index (χ3v) is 1.78. The lowest BCUT2D eigenvalue weighted by Gasteiger charge is -1.96. The first-order valence-electron chi connectivity index (χ1n) is 4.59. The van der Waals surface area contributed by atoms with Crippen molar-refractivity contribution in [3.05, 3.63) is 24.0 Å². The second-order valence-corrected chi connectivity index (χ2v) is 3.02. The summed E-state index contributed by atoms with van der Waals surface area (Å²) in [5.41, 5.74) is 0.776. The third kappa shape index (κ3) is 4.14. The van der Waals surface area contributed by atoms with E-state index in [1.807, 2.05) is 0 Å². The van der Waals surface area contributed by atoms with Crippen LogP contribution in [0.15, 0.2) is 18.5 Å². The molecule has 4 nitrogen and oxygen atoms in total. The Hall–Kier alpha value is -2.02. The summed E-state index contributed by atoms with van der Waals surface area (Å²) in [4.78, 5) is 10.3. The SMILES string of the molecule is C#CCCCn1cc(/C=C/C(=O)O)cn1. The minimum atomic E-state index is -0.963. The van der Waals surface area contributed by atoms with Gasteiger partial charge in [0.1, 0.15) is 0 Å². The number of carboxylic acid groups (broad SMARTS) is 1. The fourth-order valence-electron chi connectivity index (χ4n) is 1.10. The fourth-order valence-corrected chi connectivity index (χ4v) is 1.10. The normalized spacial score (nSPS) is 10.3. The highest BCUT2D eigenvalue weighted by Gasteiger charge is 1.95. The standard InChI is InChI=1S/C11H12N2O2/c1-2-3-4-7-13-9-10(8-12-13)5-6-11(14)15/h1,5-6,8-9H,3-4,7H2,(H,14,15)/b6-5+. The van der Waals surface area contributed by atoms with Crippen molar-refractivity contribution < 1.29 is 9.90 Å². The van der Waals surface area contributed by atoms with Gasteiger partial charge in [-0.2, -0.15) is 5.10 Å². The van der Waals surface area contributed by atoms with Crippen LogP contribution in [0.3, 0.4) is 0 Å². The topological polar surface area (TPSA) is 55.1 Å². The minimum Gasteiger partial charge on any atom is -0.478 e. The molecule has 1 aromatic heterocycles. The number of carboxylic acids is 1. The average molecular weight is 204 g/mol. The highest BCUT2D eigenvalue weighted by atomic mass is 16.4. The minimum absolute atomic E-state index is 0.722. The largest absolute Gasteiger partial charge is 0.478 e. The molecule has 1 aromatic rings. The number of carbonyl (C=O) groups is 1. The first-order chi connectivity index (χ1) is 7.22. The molecule has 0 saturated carbocycles. The molecule has 0 amide bonds. The summed E-state index contributed by atoms with van der Waals surface area (Å²) in [7, 11) is 0. The first-order valence-corrected chi connectivity index (χ1v) is 4.59. The van der Waals surface area contributed by atoms with Crippen LogP contribution < -0.4 is 0 Å². The van der Waals surface area contributed by atoms with Crippen molar-refractivity contribution >= 4 is 12.0 Å². The molecule has 0 aliphatic heterocycles. The van der Waals surface area contributed by atoms with E-state index in [0.29, 0.717) is 0 Å². The molecule has 1 rings (SSSR count). The Labute approximate surface area is 88.2 Å². The lowest BCUT2D eigenvalue weighted by molar-refractivity contribution is -0.131. The number of hydrogen-bond donors (Lipinski definition) is 1. The smallest absolute Gasteiger partial charge is 0.328 e. The molecular weight excluding hydrogens is 192 g/mol. The summed E-state index contributed by atoms with van der Waals surface area (Å²) < 4.78 is 1.75. The van der Waals surface area contributed by atoms with E-state index in [-0.39, 0.29) is 0 Å². The maximum absolute atomic E-state index is 10.3. The molecule has 0 unspecified atom stereocenters. The molecule has 0 saturated heterocycles. The number of terminal acetylenes is 1. The predicted octanol–water partition coefficient (Wildman–Crippen LogP) is 1.39. The number of rotatable bonds is 5. The van der Waals surface area contributed by atoms with Crippen molar-refractivity contribution in [1.82, 2.24) is 9.78 Å². The van der Waals surface area contributed by atoms with Crippen LogP contribution in [0.5, 0.6) is 0 Å². The van der Waals surface area contributed by atoms with Crippen molar-refractivity contribution in [2.45, 2.75) is 19.4 Å². The van der Waals surface area contributed by atoms with Crippen LogP contribution in [-0.4, -0.2) is 20.9 Å². The number of nitrogens with zero attached hydrogens (tertiary/aromatic N) is 2. The van der Waals surface area contributed by atoms with Gasteiger partial charge in [-0.3, -0.25) is 4.68 Å². The summed E-state index contributed by atoms with van der Waals surface area (Å²) in [6.07, 6.45) is 12.7. The third-order valence-electron chi connectivity index (χ3n) is 1.78. The maximum atomic E-state index is 10.3. The van der Waals surface area contributed by atoms with Crippen molar-refractivity contribution in [3.8, 4) is 12.3 Å². The molecular formula is C11H12N2O2. The lowest BCUT2D eigenvalue weighted by atomic mass is 10.3. The van der Waals surface area contributed by atoms with Gasteiger partial charge >= 0.3 is 5.97 Å². The average Bonchev–Trinajstić information content (AvgIpc) is 2.63. The first kappa shape index (κ1) is 11.1. The van der Waals surface area contributed by atoms with Gasteiger partial charge in [0.05, 0.1) is 6.20 Å². The second-order valence-electron chi connectivity index (χ2n) is 3.02. The van der Waals surface area contributed by atoms with Gasteiger partial charge in [-0.05, 0) is 12.5 Å². The van der Waals surface area contributed by atoms with Crippen molar-refractivity contribution in [3.63, 3.8) is 0 Å². The van der Waals surface area contributed by atoms with Gasteiger partial charge in [0, 0.05) is 30.8 Å². The van der Waals surface area contributed by atoms with Gasteiger partial charge in [0.25, 0.3) is 0 Å². The van der Waals surface area contributed by atoms with Crippen molar-refractivity contribution in [2.75, 3.05) is 0 Å². The number of hydrogen-bond acceptors (Lipinski definition) is 2. The number of aromatic nitrogens is 2. The van der Waals surface area contributed by atoms with Crippen molar-refractivity contribution in [1.29, 1.82) is 0 Å². The summed E-state index contributed by atoms with van der Waals surface area (Å²) >= 11 is 0. The Morgan fingerprint density at radius 1 is 1.73 bits per heavy atom. The summed E-state index contributed by atoms with van der Waals surface area (Å²) in [6, 6.07) is 0. The van der Waals surface area contributed by atoms with E-state index >= 15 is 0 Å². The van der Waals surface area contributed by atoms with Gasteiger partial charge in [-0.25, -0.2) is 4.79 Å². The van der Waals surface area contributed by atoms with E-state index in [0.717, 1.165) is 31.0 Å². The van der Waals surface area contributed by atoms with Crippen LogP contribution in [0, 0.1) is 12.3 Å². The number of unbranched alkanes of at least 4 members (excludes halogenated alkanes) is 1. The van der Waals surface area contributed by atoms with E-state index in [1.54, 1.807) is 17.1 Å². The second kappa shape index (κ2) is 5.66. The van der Waals surface area contributed by atoms with Crippen LogP contribution >= 0.6 is 0 Å². The molecule has 78 valence electrons. The Balaban J connectivity index is 2.49. The van der Waals surface area contributed by atoms with E-state index in [4.69, 9.17) is 11.5 Å². The molecule has 0 aromatic carbocycles. The quantitative estimate of drug-likeness (QED) is 0.448. The molecule has 1 N–H and O–H groups in total. The summed E-state index contributed by atoms with van der Waals surface area (Å²) in [5, 5.41) is 12.5. The van der Waals surface area contributed by atoms with Gasteiger partial charge < -0.3 is 5.11 Å². The van der Waals surface area contributed by atoms with Crippen LogP contribution in [0.4, 0.5) is 0 Å². The van der Waals surface area contributed by atoms with E-state index in [1.165, 1.54) is 6.08 Å². The van der Waals surface area contributed by atoms with Gasteiger partial charge in [-0.1, -0.05) is 0 Å². The Morgan fingerprint density at radius 3 is 3.20 bits per heavy atom. The highest BCUT2D eigenvalue weighted by Crippen LogP contribution is 2.02. The van der Waals surface area contributed by atoms with Crippen LogP contribution in [0.2, 0.25) is 0 Å². The van der Waals surface area contributed by atoms with Gasteiger partial charge in [0.15, 0.2) is 0 Å². The van der Waals surface area contributed by atoms with E-state index in [9.17, 15) is 4.79 Å². The Bertz CT molecular complexity index is 399. The number of aliphatic carboxylic acids is 1. The molecule has 0 radical (unpaired) electrons. The summed E-state index contributed by atoms with van der Waals surface area (Å²) in [6.45, 7) is 0.755.